The summed E-state index contributed by atoms with van der Waals surface area (Å²) in [6.07, 6.45) is 3.71. The molecule has 0 radical (unpaired) electrons. The topological polar surface area (TPSA) is 9.23 Å². The van der Waals surface area contributed by atoms with Crippen LogP contribution in [0.1, 0.15) is 26.2 Å². The van der Waals surface area contributed by atoms with E-state index in [-0.39, 0.29) is 5.60 Å². The van der Waals surface area contributed by atoms with E-state index in [4.69, 9.17) is 4.18 Å². The third-order valence-electron chi connectivity index (χ3n) is 2.49. The molecule has 2 heteroatoms. The Bertz CT molecular complexity index is 267. The second-order valence-electron chi connectivity index (χ2n) is 3.78. The van der Waals surface area contributed by atoms with Gasteiger partial charge in [-0.05, 0) is 38.3 Å². The van der Waals surface area contributed by atoms with E-state index in [0.717, 1.165) is 0 Å². The van der Waals surface area contributed by atoms with E-state index in [9.17, 15) is 0 Å². The minimum absolute atomic E-state index is 0.139. The molecule has 0 spiro atoms. The average Bonchev–Trinajstić information content (AvgIpc) is 2.13. The van der Waals surface area contributed by atoms with Crippen molar-refractivity contribution in [3.05, 3.63) is 30.3 Å². The van der Waals surface area contributed by atoms with Crippen LogP contribution in [0.3, 0.4) is 0 Å². The van der Waals surface area contributed by atoms with Gasteiger partial charge < -0.3 is 4.18 Å². The van der Waals surface area contributed by atoms with Gasteiger partial charge in [-0.25, -0.2) is 0 Å². The molecule has 0 aliphatic heterocycles. The average molecular weight is 194 g/mol. The Labute approximate surface area is 83.7 Å². The van der Waals surface area contributed by atoms with Crippen molar-refractivity contribution in [2.75, 3.05) is 0 Å². The summed E-state index contributed by atoms with van der Waals surface area (Å²) in [5, 5.41) is 0. The molecule has 1 saturated carbocycles. The predicted molar refractivity (Wildman–Crippen MR) is 55.6 cm³/mol. The van der Waals surface area contributed by atoms with Crippen LogP contribution in [0.5, 0.6) is 0 Å². The molecule has 1 nitrogen and oxygen atoms in total. The van der Waals surface area contributed by atoms with E-state index >= 15 is 0 Å². The van der Waals surface area contributed by atoms with Gasteiger partial charge in [0.25, 0.3) is 0 Å². The van der Waals surface area contributed by atoms with Gasteiger partial charge >= 0.3 is 0 Å². The van der Waals surface area contributed by atoms with Crippen LogP contribution < -0.4 is 0 Å². The smallest absolute Gasteiger partial charge is 0.0805 e. The van der Waals surface area contributed by atoms with Gasteiger partial charge in [-0.15, -0.1) is 0 Å². The molecule has 2 rings (SSSR count). The lowest BCUT2D eigenvalue weighted by atomic mass is 9.82. The van der Waals surface area contributed by atoms with Crippen molar-refractivity contribution in [1.82, 2.24) is 0 Å². The second kappa shape index (κ2) is 3.72. The number of hydrogen-bond donors (Lipinski definition) is 0. The monoisotopic (exact) mass is 194 g/mol. The Hall–Kier alpha value is -0.470. The van der Waals surface area contributed by atoms with E-state index in [1.54, 1.807) is 0 Å². The SMILES string of the molecule is CC1(OSc2ccccc2)CCC1. The van der Waals surface area contributed by atoms with Gasteiger partial charge in [0.2, 0.25) is 0 Å². The molecule has 0 unspecified atom stereocenters. The standard InChI is InChI=1S/C11H14OS/c1-11(8-5-9-11)12-13-10-6-3-2-4-7-10/h2-4,6-7H,5,8-9H2,1H3. The predicted octanol–water partition coefficient (Wildman–Crippen LogP) is 3.65. The maximum atomic E-state index is 5.77. The van der Waals surface area contributed by atoms with Gasteiger partial charge in [-0.1, -0.05) is 18.2 Å². The summed E-state index contributed by atoms with van der Waals surface area (Å²) in [5.74, 6) is 0. The molecule has 0 atom stereocenters. The summed E-state index contributed by atoms with van der Waals surface area (Å²) in [6, 6.07) is 10.2. The first-order valence-electron chi connectivity index (χ1n) is 4.69. The Kier molecular flexibility index (Phi) is 2.61. The number of rotatable bonds is 3. The van der Waals surface area contributed by atoms with Crippen LogP contribution in [-0.2, 0) is 4.18 Å². The van der Waals surface area contributed by atoms with Gasteiger partial charge in [-0.2, -0.15) is 0 Å². The summed E-state index contributed by atoms with van der Waals surface area (Å²) in [6.45, 7) is 2.19. The second-order valence-corrected chi connectivity index (χ2v) is 4.59. The maximum absolute atomic E-state index is 5.77. The van der Waals surface area contributed by atoms with E-state index < -0.39 is 0 Å². The minimum Gasteiger partial charge on any atom is -0.304 e. The van der Waals surface area contributed by atoms with Crippen LogP contribution in [0.2, 0.25) is 0 Å². The first-order chi connectivity index (χ1) is 6.29. The Balaban J connectivity index is 1.86. The highest BCUT2D eigenvalue weighted by molar-refractivity contribution is 7.94. The molecule has 0 amide bonds. The molecular weight excluding hydrogens is 180 g/mol. The van der Waals surface area contributed by atoms with Gasteiger partial charge in [0, 0.05) is 16.9 Å². The Morgan fingerprint density at radius 1 is 1.23 bits per heavy atom. The molecule has 0 aromatic heterocycles. The molecule has 1 aromatic carbocycles. The van der Waals surface area contributed by atoms with Gasteiger partial charge in [0.15, 0.2) is 0 Å². The van der Waals surface area contributed by atoms with Crippen LogP contribution in [0.25, 0.3) is 0 Å². The van der Waals surface area contributed by atoms with Crippen molar-refractivity contribution >= 4 is 12.0 Å². The highest BCUT2D eigenvalue weighted by Crippen LogP contribution is 2.39. The Morgan fingerprint density at radius 3 is 2.46 bits per heavy atom. The van der Waals surface area contributed by atoms with Crippen LogP contribution in [-0.4, -0.2) is 5.60 Å². The third kappa shape index (κ3) is 2.26. The van der Waals surface area contributed by atoms with Gasteiger partial charge in [0.1, 0.15) is 0 Å². The lowest BCUT2D eigenvalue weighted by Crippen LogP contribution is -2.34. The summed E-state index contributed by atoms with van der Waals surface area (Å²) in [4.78, 5) is 1.19. The van der Waals surface area contributed by atoms with E-state index in [0.29, 0.717) is 0 Å². The first kappa shape index (κ1) is 9.10. The Morgan fingerprint density at radius 2 is 1.92 bits per heavy atom. The first-order valence-corrected chi connectivity index (χ1v) is 5.43. The van der Waals surface area contributed by atoms with E-state index in [2.05, 4.69) is 19.1 Å². The molecular formula is C11H14OS. The van der Waals surface area contributed by atoms with Crippen molar-refractivity contribution < 1.29 is 4.18 Å². The van der Waals surface area contributed by atoms with Crippen molar-refractivity contribution in [1.29, 1.82) is 0 Å². The molecule has 1 fully saturated rings. The lowest BCUT2D eigenvalue weighted by molar-refractivity contribution is 0.0318. The largest absolute Gasteiger partial charge is 0.304 e. The normalized spacial score (nSPS) is 19.5. The summed E-state index contributed by atoms with van der Waals surface area (Å²) < 4.78 is 5.77. The zero-order valence-electron chi connectivity index (χ0n) is 7.82. The summed E-state index contributed by atoms with van der Waals surface area (Å²) in [7, 11) is 0. The molecule has 1 aliphatic rings. The van der Waals surface area contributed by atoms with Crippen molar-refractivity contribution in [3.63, 3.8) is 0 Å². The quantitative estimate of drug-likeness (QED) is 0.679. The van der Waals surface area contributed by atoms with E-state index in [1.807, 2.05) is 18.2 Å². The molecule has 0 heterocycles. The molecule has 13 heavy (non-hydrogen) atoms. The number of benzene rings is 1. The molecule has 1 aromatic rings. The molecule has 0 bridgehead atoms. The van der Waals surface area contributed by atoms with Crippen LogP contribution in [0.4, 0.5) is 0 Å². The third-order valence-corrected chi connectivity index (χ3v) is 3.44. The molecule has 1 aliphatic carbocycles. The fourth-order valence-electron chi connectivity index (χ4n) is 1.38. The molecule has 70 valence electrons. The number of hydrogen-bond acceptors (Lipinski definition) is 2. The highest BCUT2D eigenvalue weighted by Gasteiger charge is 2.33. The molecule has 0 N–H and O–H groups in total. The lowest BCUT2D eigenvalue weighted by Gasteiger charge is -2.36. The van der Waals surface area contributed by atoms with Crippen molar-refractivity contribution in [2.24, 2.45) is 0 Å². The minimum atomic E-state index is 0.139. The van der Waals surface area contributed by atoms with Gasteiger partial charge in [-0.3, -0.25) is 0 Å². The van der Waals surface area contributed by atoms with Crippen LogP contribution in [0.15, 0.2) is 35.2 Å². The van der Waals surface area contributed by atoms with Crippen molar-refractivity contribution in [3.8, 4) is 0 Å². The summed E-state index contributed by atoms with van der Waals surface area (Å²) >= 11 is 1.50. The highest BCUT2D eigenvalue weighted by atomic mass is 32.2. The van der Waals surface area contributed by atoms with E-state index in [1.165, 1.54) is 36.2 Å². The fraction of sp³-hybridized carbons (Fsp3) is 0.455. The zero-order chi connectivity index (χ0) is 9.15. The zero-order valence-corrected chi connectivity index (χ0v) is 8.64. The maximum Gasteiger partial charge on any atom is 0.0805 e. The summed E-state index contributed by atoms with van der Waals surface area (Å²) in [5.41, 5.74) is 0.139. The van der Waals surface area contributed by atoms with Crippen molar-refractivity contribution in [2.45, 2.75) is 36.7 Å². The van der Waals surface area contributed by atoms with Gasteiger partial charge in [0.05, 0.1) is 5.60 Å². The fourth-order valence-corrected chi connectivity index (χ4v) is 2.12. The van der Waals surface area contributed by atoms with Crippen LogP contribution in [0, 0.1) is 0 Å². The molecule has 0 saturated heterocycles. The van der Waals surface area contributed by atoms with Crippen LogP contribution >= 0.6 is 12.0 Å².